The molecule has 0 bridgehead atoms. The highest BCUT2D eigenvalue weighted by molar-refractivity contribution is 7.14. The number of carbonyl (C=O) groups is 2. The summed E-state index contributed by atoms with van der Waals surface area (Å²) in [5, 5.41) is 2.37. The maximum atomic E-state index is 13.2. The molecule has 158 valence electrons. The van der Waals surface area contributed by atoms with Crippen LogP contribution in [-0.4, -0.2) is 28.2 Å². The Balaban J connectivity index is 1.49. The van der Waals surface area contributed by atoms with Crippen LogP contribution in [0, 0.1) is 5.82 Å². The van der Waals surface area contributed by atoms with Gasteiger partial charge in [0.25, 0.3) is 0 Å². The number of carbonyl (C=O) groups excluding carboxylic acids is 2. The van der Waals surface area contributed by atoms with Gasteiger partial charge in [-0.1, -0.05) is 30.3 Å². The van der Waals surface area contributed by atoms with Gasteiger partial charge in [0.1, 0.15) is 5.82 Å². The summed E-state index contributed by atoms with van der Waals surface area (Å²) in [6, 6.07) is 15.6. The molecule has 7 heteroatoms. The second kappa shape index (κ2) is 9.22. The van der Waals surface area contributed by atoms with E-state index in [2.05, 4.69) is 4.98 Å². The molecule has 31 heavy (non-hydrogen) atoms. The molecule has 1 aromatic heterocycles. The molecular formula is C24H22FN3O2S. The third-order valence-electron chi connectivity index (χ3n) is 5.22. The predicted octanol–water partition coefficient (Wildman–Crippen LogP) is 5.34. The van der Waals surface area contributed by atoms with Crippen LogP contribution in [-0.2, 0) is 9.59 Å². The fourth-order valence-electron chi connectivity index (χ4n) is 3.77. The van der Waals surface area contributed by atoms with Gasteiger partial charge in [-0.3, -0.25) is 14.5 Å². The highest BCUT2D eigenvalue weighted by atomic mass is 32.1. The molecule has 4 rings (SSSR count). The molecule has 2 amide bonds. The molecule has 0 spiro atoms. The van der Waals surface area contributed by atoms with E-state index in [1.54, 1.807) is 23.1 Å². The van der Waals surface area contributed by atoms with Crippen molar-refractivity contribution in [1.29, 1.82) is 0 Å². The van der Waals surface area contributed by atoms with Crippen molar-refractivity contribution in [2.75, 3.05) is 11.4 Å². The van der Waals surface area contributed by atoms with Crippen LogP contribution < -0.4 is 4.90 Å². The lowest BCUT2D eigenvalue weighted by atomic mass is 10.0. The summed E-state index contributed by atoms with van der Waals surface area (Å²) in [6.45, 7) is 2.16. The van der Waals surface area contributed by atoms with Crippen LogP contribution in [0.2, 0.25) is 0 Å². The predicted molar refractivity (Wildman–Crippen MR) is 120 cm³/mol. The Morgan fingerprint density at radius 2 is 1.90 bits per heavy atom. The van der Waals surface area contributed by atoms with Crippen LogP contribution >= 0.6 is 11.3 Å². The normalized spacial score (nSPS) is 16.1. The van der Waals surface area contributed by atoms with E-state index in [-0.39, 0.29) is 23.7 Å². The molecule has 0 aliphatic carbocycles. The lowest BCUT2D eigenvalue weighted by Gasteiger charge is -2.23. The molecule has 3 aromatic rings. The van der Waals surface area contributed by atoms with Crippen LogP contribution in [0.3, 0.4) is 0 Å². The molecule has 2 heterocycles. The minimum absolute atomic E-state index is 0.0463. The maximum Gasteiger partial charge on any atom is 0.247 e. The van der Waals surface area contributed by atoms with Crippen molar-refractivity contribution in [3.63, 3.8) is 0 Å². The summed E-state index contributed by atoms with van der Waals surface area (Å²) in [7, 11) is 0. The number of likely N-dealkylation sites (tertiary alicyclic amines) is 1. The molecule has 0 N–H and O–H groups in total. The number of hydrogen-bond donors (Lipinski definition) is 0. The highest BCUT2D eigenvalue weighted by Crippen LogP contribution is 2.33. The molecule has 0 radical (unpaired) electrons. The molecule has 2 aromatic carbocycles. The Kier molecular flexibility index (Phi) is 6.23. The number of halogens is 1. The molecule has 5 nitrogen and oxygen atoms in total. The zero-order valence-corrected chi connectivity index (χ0v) is 17.9. The second-order valence-electron chi connectivity index (χ2n) is 7.32. The van der Waals surface area contributed by atoms with Crippen molar-refractivity contribution in [2.45, 2.75) is 25.8 Å². The Labute approximate surface area is 184 Å². The number of benzene rings is 2. The van der Waals surface area contributed by atoms with Crippen LogP contribution in [0.4, 0.5) is 15.2 Å². The molecule has 1 fully saturated rings. The van der Waals surface area contributed by atoms with E-state index in [9.17, 15) is 14.0 Å². The van der Waals surface area contributed by atoms with E-state index in [1.165, 1.54) is 36.5 Å². The van der Waals surface area contributed by atoms with Gasteiger partial charge in [-0.2, -0.15) is 0 Å². The molecule has 1 aliphatic rings. The van der Waals surface area contributed by atoms with Gasteiger partial charge in [0.15, 0.2) is 5.13 Å². The minimum Gasteiger partial charge on any atom is -0.332 e. The van der Waals surface area contributed by atoms with E-state index in [0.29, 0.717) is 17.4 Å². The van der Waals surface area contributed by atoms with Crippen molar-refractivity contribution in [1.82, 2.24) is 9.88 Å². The summed E-state index contributed by atoms with van der Waals surface area (Å²) in [5.74, 6) is -0.520. The van der Waals surface area contributed by atoms with Gasteiger partial charge in [-0.05, 0) is 48.7 Å². The van der Waals surface area contributed by atoms with Gasteiger partial charge in [0, 0.05) is 24.9 Å². The Bertz CT molecular complexity index is 1100. The number of nitrogens with zero attached hydrogens (tertiary/aromatic N) is 3. The van der Waals surface area contributed by atoms with E-state index in [1.807, 2.05) is 40.6 Å². The van der Waals surface area contributed by atoms with Gasteiger partial charge in [0.2, 0.25) is 11.8 Å². The fourth-order valence-corrected chi connectivity index (χ4v) is 4.63. The summed E-state index contributed by atoms with van der Waals surface area (Å²) in [4.78, 5) is 32.9. The van der Waals surface area contributed by atoms with Crippen molar-refractivity contribution < 1.29 is 14.0 Å². The van der Waals surface area contributed by atoms with Crippen LogP contribution in [0.15, 0.2) is 66.1 Å². The molecular weight excluding hydrogens is 413 g/mol. The van der Waals surface area contributed by atoms with Crippen molar-refractivity contribution in [3.05, 3.63) is 83.1 Å². The highest BCUT2D eigenvalue weighted by Gasteiger charge is 2.28. The Morgan fingerprint density at radius 1 is 1.16 bits per heavy atom. The first-order chi connectivity index (χ1) is 15.0. The zero-order chi connectivity index (χ0) is 21.8. The third kappa shape index (κ3) is 4.72. The maximum absolute atomic E-state index is 13.2. The average Bonchev–Trinajstić information content (AvgIpc) is 3.43. The molecule has 1 atom stereocenters. The van der Waals surface area contributed by atoms with Gasteiger partial charge in [0.05, 0.1) is 17.4 Å². The molecule has 1 saturated heterocycles. The van der Waals surface area contributed by atoms with Crippen molar-refractivity contribution in [2.24, 2.45) is 0 Å². The number of rotatable bonds is 5. The minimum atomic E-state index is -0.283. The monoisotopic (exact) mass is 435 g/mol. The number of anilines is 2. The van der Waals surface area contributed by atoms with Gasteiger partial charge in [-0.25, -0.2) is 9.37 Å². The standard InChI is InChI=1S/C24H22FN3O2S/c1-17(29)28(21-6-3-2-4-7-21)24-26-20(16-31-24)13-14-23(30)27-15-5-8-22(27)18-9-11-19(25)12-10-18/h2-4,6-7,9-14,16,22H,5,8,15H2,1H3/b14-13+. The molecule has 0 saturated carbocycles. The second-order valence-corrected chi connectivity index (χ2v) is 8.16. The third-order valence-corrected chi connectivity index (χ3v) is 6.06. The first-order valence-corrected chi connectivity index (χ1v) is 11.0. The number of amides is 2. The van der Waals surface area contributed by atoms with Crippen LogP contribution in [0.5, 0.6) is 0 Å². The Morgan fingerprint density at radius 3 is 2.61 bits per heavy atom. The number of hydrogen-bond acceptors (Lipinski definition) is 4. The largest absolute Gasteiger partial charge is 0.332 e. The summed E-state index contributed by atoms with van der Waals surface area (Å²) < 4.78 is 13.2. The van der Waals surface area contributed by atoms with Gasteiger partial charge in [-0.15, -0.1) is 11.3 Å². The SMILES string of the molecule is CC(=O)N(c1ccccc1)c1nc(/C=C/C(=O)N2CCCC2c2ccc(F)cc2)cs1. The van der Waals surface area contributed by atoms with Crippen LogP contribution in [0.1, 0.15) is 37.1 Å². The first-order valence-electron chi connectivity index (χ1n) is 10.1. The van der Waals surface area contributed by atoms with E-state index in [0.717, 1.165) is 24.1 Å². The van der Waals surface area contributed by atoms with E-state index >= 15 is 0 Å². The van der Waals surface area contributed by atoms with Crippen molar-refractivity contribution >= 4 is 40.0 Å². The van der Waals surface area contributed by atoms with Gasteiger partial charge >= 0.3 is 0 Å². The van der Waals surface area contributed by atoms with Crippen molar-refractivity contribution in [3.8, 4) is 0 Å². The number of thiazole rings is 1. The summed E-state index contributed by atoms with van der Waals surface area (Å²) >= 11 is 1.35. The van der Waals surface area contributed by atoms with E-state index in [4.69, 9.17) is 0 Å². The van der Waals surface area contributed by atoms with Gasteiger partial charge < -0.3 is 4.90 Å². The summed E-state index contributed by atoms with van der Waals surface area (Å²) in [5.41, 5.74) is 2.31. The van der Waals surface area contributed by atoms with E-state index < -0.39 is 0 Å². The fraction of sp³-hybridized carbons (Fsp3) is 0.208. The lowest BCUT2D eigenvalue weighted by molar-refractivity contribution is -0.126. The first kappa shape index (κ1) is 20.9. The zero-order valence-electron chi connectivity index (χ0n) is 17.1. The number of para-hydroxylation sites is 1. The smallest absolute Gasteiger partial charge is 0.247 e. The topological polar surface area (TPSA) is 53.5 Å². The molecule has 1 aliphatic heterocycles. The number of aromatic nitrogens is 1. The lowest BCUT2D eigenvalue weighted by Crippen LogP contribution is -2.28. The Hall–Kier alpha value is -3.32. The average molecular weight is 436 g/mol. The molecule has 1 unspecified atom stereocenters. The quantitative estimate of drug-likeness (QED) is 0.508. The summed E-state index contributed by atoms with van der Waals surface area (Å²) in [6.07, 6.45) is 4.96. The van der Waals surface area contributed by atoms with Crippen LogP contribution in [0.25, 0.3) is 6.08 Å².